The first-order valence-electron chi connectivity index (χ1n) is 8.56. The van der Waals surface area contributed by atoms with Gasteiger partial charge in [0.25, 0.3) is 5.91 Å². The standard InChI is InChI=1S/C20H21F3N2O3/c1-12-7-8-14(9-13(12)2)19(28)25-11-18(27)24-10-17(26)15-5-3-4-6-16(15)20(21,22)23/h3-9,17,26H,10-11H2,1-2H3,(H,24,27)(H,25,28). The summed E-state index contributed by atoms with van der Waals surface area (Å²) >= 11 is 0. The molecule has 8 heteroatoms. The van der Waals surface area contributed by atoms with E-state index >= 15 is 0 Å². The highest BCUT2D eigenvalue weighted by atomic mass is 19.4. The largest absolute Gasteiger partial charge is 0.416 e. The number of nitrogens with one attached hydrogen (secondary N) is 2. The maximum atomic E-state index is 13.0. The third-order valence-corrected chi connectivity index (χ3v) is 4.30. The van der Waals surface area contributed by atoms with Crippen molar-refractivity contribution in [2.75, 3.05) is 13.1 Å². The van der Waals surface area contributed by atoms with Crippen LogP contribution < -0.4 is 10.6 Å². The second kappa shape index (κ2) is 8.88. The fourth-order valence-corrected chi connectivity index (χ4v) is 2.57. The number of benzene rings is 2. The topological polar surface area (TPSA) is 78.4 Å². The molecule has 0 saturated heterocycles. The Balaban J connectivity index is 1.89. The van der Waals surface area contributed by atoms with Crippen LogP contribution in [0, 0.1) is 13.8 Å². The van der Waals surface area contributed by atoms with E-state index in [1.807, 2.05) is 13.8 Å². The number of aryl methyl sites for hydroxylation is 2. The van der Waals surface area contributed by atoms with Gasteiger partial charge in [-0.1, -0.05) is 24.3 Å². The molecule has 0 heterocycles. The van der Waals surface area contributed by atoms with Crippen LogP contribution in [-0.2, 0) is 11.0 Å². The van der Waals surface area contributed by atoms with Gasteiger partial charge in [0.1, 0.15) is 0 Å². The molecule has 0 fully saturated rings. The molecule has 3 N–H and O–H groups in total. The summed E-state index contributed by atoms with van der Waals surface area (Å²) in [6.45, 7) is 3.00. The molecule has 28 heavy (non-hydrogen) atoms. The number of halogens is 3. The molecule has 2 aromatic carbocycles. The summed E-state index contributed by atoms with van der Waals surface area (Å²) in [6, 6.07) is 9.73. The Kier molecular flexibility index (Phi) is 6.80. The number of hydrogen-bond donors (Lipinski definition) is 3. The van der Waals surface area contributed by atoms with E-state index < -0.39 is 36.2 Å². The molecule has 2 aromatic rings. The van der Waals surface area contributed by atoms with Crippen molar-refractivity contribution in [3.05, 3.63) is 70.3 Å². The molecule has 2 amide bonds. The van der Waals surface area contributed by atoms with Crippen molar-refractivity contribution in [2.45, 2.75) is 26.1 Å². The number of aliphatic hydroxyl groups excluding tert-OH is 1. The minimum Gasteiger partial charge on any atom is -0.387 e. The summed E-state index contributed by atoms with van der Waals surface area (Å²) in [7, 11) is 0. The molecule has 0 saturated carbocycles. The quantitative estimate of drug-likeness (QED) is 0.705. The highest BCUT2D eigenvalue weighted by molar-refractivity contribution is 5.96. The normalized spacial score (nSPS) is 12.4. The zero-order valence-corrected chi connectivity index (χ0v) is 15.4. The zero-order valence-electron chi connectivity index (χ0n) is 15.4. The second-order valence-corrected chi connectivity index (χ2v) is 6.39. The van der Waals surface area contributed by atoms with Crippen molar-refractivity contribution in [1.82, 2.24) is 10.6 Å². The summed E-state index contributed by atoms with van der Waals surface area (Å²) in [6.07, 6.45) is -6.14. The zero-order chi connectivity index (χ0) is 20.9. The summed E-state index contributed by atoms with van der Waals surface area (Å²) in [5, 5.41) is 14.8. The third-order valence-electron chi connectivity index (χ3n) is 4.30. The van der Waals surface area contributed by atoms with Gasteiger partial charge in [-0.15, -0.1) is 0 Å². The molecular weight excluding hydrogens is 373 g/mol. The number of carbonyl (C=O) groups excluding carboxylic acids is 2. The predicted octanol–water partition coefficient (Wildman–Crippen LogP) is 2.90. The van der Waals surface area contributed by atoms with E-state index in [4.69, 9.17) is 0 Å². The monoisotopic (exact) mass is 394 g/mol. The van der Waals surface area contributed by atoms with Crippen molar-refractivity contribution in [3.8, 4) is 0 Å². The summed E-state index contributed by atoms with van der Waals surface area (Å²) in [4.78, 5) is 23.9. The van der Waals surface area contributed by atoms with E-state index in [0.29, 0.717) is 5.56 Å². The lowest BCUT2D eigenvalue weighted by atomic mass is 10.0. The lowest BCUT2D eigenvalue weighted by Gasteiger charge is -2.18. The van der Waals surface area contributed by atoms with Gasteiger partial charge in [-0.3, -0.25) is 9.59 Å². The SMILES string of the molecule is Cc1ccc(C(=O)NCC(=O)NCC(O)c2ccccc2C(F)(F)F)cc1C. The summed E-state index contributed by atoms with van der Waals surface area (Å²) in [5.74, 6) is -1.07. The van der Waals surface area contributed by atoms with Gasteiger partial charge < -0.3 is 15.7 Å². The third kappa shape index (κ3) is 5.56. The Hall–Kier alpha value is -2.87. The van der Waals surface area contributed by atoms with Gasteiger partial charge in [0.05, 0.1) is 18.2 Å². The molecule has 150 valence electrons. The molecule has 0 aliphatic rings. The second-order valence-electron chi connectivity index (χ2n) is 6.39. The van der Waals surface area contributed by atoms with Crippen molar-refractivity contribution in [1.29, 1.82) is 0 Å². The number of rotatable bonds is 6. The number of hydrogen-bond acceptors (Lipinski definition) is 3. The van der Waals surface area contributed by atoms with E-state index in [-0.39, 0.29) is 12.1 Å². The first-order valence-corrected chi connectivity index (χ1v) is 8.56. The van der Waals surface area contributed by atoms with Crippen LogP contribution in [0.3, 0.4) is 0 Å². The van der Waals surface area contributed by atoms with E-state index in [9.17, 15) is 27.9 Å². The fraction of sp³-hybridized carbons (Fsp3) is 0.300. The Morgan fingerprint density at radius 2 is 1.71 bits per heavy atom. The van der Waals surface area contributed by atoms with E-state index in [1.54, 1.807) is 18.2 Å². The van der Waals surface area contributed by atoms with Crippen LogP contribution in [0.15, 0.2) is 42.5 Å². The Bertz CT molecular complexity index is 866. The van der Waals surface area contributed by atoms with Crippen molar-refractivity contribution < 1.29 is 27.9 Å². The molecule has 0 aliphatic carbocycles. The first-order chi connectivity index (χ1) is 13.1. The van der Waals surface area contributed by atoms with Gasteiger partial charge in [0.15, 0.2) is 0 Å². The molecule has 0 aliphatic heterocycles. The van der Waals surface area contributed by atoms with Crippen molar-refractivity contribution in [2.24, 2.45) is 0 Å². The van der Waals surface area contributed by atoms with Crippen LogP contribution in [-0.4, -0.2) is 30.0 Å². The average Bonchev–Trinajstić information content (AvgIpc) is 2.65. The van der Waals surface area contributed by atoms with Gasteiger partial charge in [-0.05, 0) is 48.7 Å². The lowest BCUT2D eigenvalue weighted by molar-refractivity contribution is -0.139. The smallest absolute Gasteiger partial charge is 0.387 e. The molecule has 1 atom stereocenters. The van der Waals surface area contributed by atoms with Gasteiger partial charge in [0, 0.05) is 12.1 Å². The highest BCUT2D eigenvalue weighted by Gasteiger charge is 2.34. The lowest BCUT2D eigenvalue weighted by Crippen LogP contribution is -2.38. The minimum absolute atomic E-state index is 0.325. The molecule has 5 nitrogen and oxygen atoms in total. The van der Waals surface area contributed by atoms with Crippen molar-refractivity contribution >= 4 is 11.8 Å². The van der Waals surface area contributed by atoms with Crippen molar-refractivity contribution in [3.63, 3.8) is 0 Å². The molecular formula is C20H21F3N2O3. The van der Waals surface area contributed by atoms with Crippen LogP contribution in [0.5, 0.6) is 0 Å². The molecule has 0 radical (unpaired) electrons. The number of aliphatic hydroxyl groups is 1. The number of carbonyl (C=O) groups is 2. The Labute approximate surface area is 160 Å². The number of alkyl halides is 3. The maximum absolute atomic E-state index is 13.0. The predicted molar refractivity (Wildman–Crippen MR) is 97.7 cm³/mol. The molecule has 2 rings (SSSR count). The molecule has 1 unspecified atom stereocenters. The fourth-order valence-electron chi connectivity index (χ4n) is 2.57. The number of amides is 2. The summed E-state index contributed by atoms with van der Waals surface area (Å²) in [5.41, 5.74) is 1.08. The molecule has 0 aromatic heterocycles. The summed E-state index contributed by atoms with van der Waals surface area (Å²) < 4.78 is 39.0. The van der Waals surface area contributed by atoms with Crippen LogP contribution in [0.25, 0.3) is 0 Å². The Morgan fingerprint density at radius 1 is 1.04 bits per heavy atom. The van der Waals surface area contributed by atoms with Gasteiger partial charge in [-0.2, -0.15) is 13.2 Å². The highest BCUT2D eigenvalue weighted by Crippen LogP contribution is 2.34. The van der Waals surface area contributed by atoms with Crippen LogP contribution in [0.4, 0.5) is 13.2 Å². The minimum atomic E-state index is -4.61. The van der Waals surface area contributed by atoms with E-state index in [2.05, 4.69) is 10.6 Å². The molecule has 0 spiro atoms. The van der Waals surface area contributed by atoms with Gasteiger partial charge in [-0.25, -0.2) is 0 Å². The van der Waals surface area contributed by atoms with Gasteiger partial charge in [0.2, 0.25) is 5.91 Å². The maximum Gasteiger partial charge on any atom is 0.416 e. The van der Waals surface area contributed by atoms with E-state index in [0.717, 1.165) is 23.3 Å². The van der Waals surface area contributed by atoms with Crippen LogP contribution in [0.2, 0.25) is 0 Å². The Morgan fingerprint density at radius 3 is 2.36 bits per heavy atom. The van der Waals surface area contributed by atoms with E-state index in [1.165, 1.54) is 12.1 Å². The first kappa shape index (κ1) is 21.4. The van der Waals surface area contributed by atoms with Crippen LogP contribution >= 0.6 is 0 Å². The van der Waals surface area contributed by atoms with Gasteiger partial charge >= 0.3 is 6.18 Å². The van der Waals surface area contributed by atoms with Crippen LogP contribution in [0.1, 0.15) is 38.7 Å². The average molecular weight is 394 g/mol. The molecule has 0 bridgehead atoms.